The van der Waals surface area contributed by atoms with Gasteiger partial charge in [-0.3, -0.25) is 0 Å². The number of aromatic carboxylic acids is 1. The average Bonchev–Trinajstić information content (AvgIpc) is 2.27. The quantitative estimate of drug-likeness (QED) is 0.818. The van der Waals surface area contributed by atoms with Crippen molar-refractivity contribution in [1.82, 2.24) is 0 Å². The number of aromatic hydroxyl groups is 1. The van der Waals surface area contributed by atoms with E-state index in [1.54, 1.807) is 13.8 Å². The van der Waals surface area contributed by atoms with Gasteiger partial charge in [0.25, 0.3) is 0 Å². The van der Waals surface area contributed by atoms with E-state index in [2.05, 4.69) is 0 Å². The molecule has 0 aliphatic rings. The number of phenolic OH excluding ortho intramolecular Hbond substituents is 1. The fraction of sp³-hybridized carbons (Fsp3) is 0.429. The number of rotatable bonds is 4. The maximum Gasteiger partial charge on any atom is 0.339 e. The van der Waals surface area contributed by atoms with Gasteiger partial charge in [0.05, 0.1) is 11.1 Å². The highest BCUT2D eigenvalue weighted by atomic mass is 16.6. The summed E-state index contributed by atoms with van der Waals surface area (Å²) in [5.74, 6) is -2.12. The fourth-order valence-electron chi connectivity index (χ4n) is 1.30. The van der Waals surface area contributed by atoms with Gasteiger partial charge >= 0.3 is 11.9 Å². The van der Waals surface area contributed by atoms with Crippen molar-refractivity contribution in [1.29, 1.82) is 0 Å². The van der Waals surface area contributed by atoms with E-state index in [0.29, 0.717) is 0 Å². The molecule has 1 rings (SSSR count). The Kier molecular flexibility index (Phi) is 4.19. The van der Waals surface area contributed by atoms with Gasteiger partial charge in [0.1, 0.15) is 11.4 Å². The second-order valence-electron chi connectivity index (χ2n) is 5.18. The number of carbonyl (C=O) groups excluding carboxylic acids is 1. The molecule has 19 heavy (non-hydrogen) atoms. The Morgan fingerprint density at radius 2 is 1.79 bits per heavy atom. The molecule has 0 fully saturated rings. The zero-order valence-corrected chi connectivity index (χ0v) is 11.4. The van der Waals surface area contributed by atoms with E-state index < -0.39 is 17.5 Å². The van der Waals surface area contributed by atoms with Crippen molar-refractivity contribution in [2.24, 2.45) is 5.92 Å². The highest BCUT2D eigenvalue weighted by Gasteiger charge is 2.29. The first-order chi connectivity index (χ1) is 8.65. The summed E-state index contributed by atoms with van der Waals surface area (Å²) in [6, 6.07) is 3.53. The number of carboxylic acid groups (broad SMARTS) is 1. The molecule has 0 heterocycles. The molecular formula is C14H18O5. The average molecular weight is 266 g/mol. The molecule has 1 aromatic rings. The van der Waals surface area contributed by atoms with E-state index in [0.717, 1.165) is 6.07 Å². The highest BCUT2D eigenvalue weighted by Crippen LogP contribution is 2.24. The first kappa shape index (κ1) is 15.0. The molecule has 0 amide bonds. The lowest BCUT2D eigenvalue weighted by Gasteiger charge is -2.29. The molecule has 0 aromatic heterocycles. The van der Waals surface area contributed by atoms with Gasteiger partial charge < -0.3 is 14.9 Å². The van der Waals surface area contributed by atoms with Gasteiger partial charge in [-0.15, -0.1) is 0 Å². The van der Waals surface area contributed by atoms with Crippen LogP contribution in [0.3, 0.4) is 0 Å². The number of carboxylic acids is 1. The van der Waals surface area contributed by atoms with Crippen LogP contribution in [0.5, 0.6) is 5.75 Å². The van der Waals surface area contributed by atoms with Crippen LogP contribution >= 0.6 is 0 Å². The van der Waals surface area contributed by atoms with E-state index in [1.807, 2.05) is 13.8 Å². The standard InChI is InChI=1S/C14H18O5/c1-8(2)14(3,4)19-13(18)10-6-5-9(15)7-11(10)12(16)17/h5-8,15H,1-4H3,(H,16,17). The van der Waals surface area contributed by atoms with Gasteiger partial charge in [0.2, 0.25) is 0 Å². The molecule has 0 unspecified atom stereocenters. The smallest absolute Gasteiger partial charge is 0.339 e. The molecule has 0 saturated carbocycles. The largest absolute Gasteiger partial charge is 0.508 e. The molecule has 0 aliphatic heterocycles. The second kappa shape index (κ2) is 5.30. The number of benzene rings is 1. The summed E-state index contributed by atoms with van der Waals surface area (Å²) >= 11 is 0. The van der Waals surface area contributed by atoms with Gasteiger partial charge in [-0.2, -0.15) is 0 Å². The Bertz CT molecular complexity index is 503. The summed E-state index contributed by atoms with van der Waals surface area (Å²) in [4.78, 5) is 23.1. The monoisotopic (exact) mass is 266 g/mol. The van der Waals surface area contributed by atoms with Crippen molar-refractivity contribution in [3.8, 4) is 5.75 Å². The van der Waals surface area contributed by atoms with Crippen molar-refractivity contribution in [2.45, 2.75) is 33.3 Å². The summed E-state index contributed by atoms with van der Waals surface area (Å²) in [7, 11) is 0. The molecule has 0 radical (unpaired) electrons. The predicted molar refractivity (Wildman–Crippen MR) is 69.4 cm³/mol. The van der Waals surface area contributed by atoms with Gasteiger partial charge in [-0.25, -0.2) is 9.59 Å². The van der Waals surface area contributed by atoms with Crippen LogP contribution in [0.4, 0.5) is 0 Å². The first-order valence-electron chi connectivity index (χ1n) is 5.95. The minimum atomic E-state index is -1.29. The molecular weight excluding hydrogens is 248 g/mol. The van der Waals surface area contributed by atoms with E-state index in [-0.39, 0.29) is 22.8 Å². The topological polar surface area (TPSA) is 83.8 Å². The minimum Gasteiger partial charge on any atom is -0.508 e. The van der Waals surface area contributed by atoms with Crippen molar-refractivity contribution >= 4 is 11.9 Å². The zero-order valence-electron chi connectivity index (χ0n) is 11.4. The minimum absolute atomic E-state index is 0.0703. The van der Waals surface area contributed by atoms with Crippen molar-refractivity contribution in [3.63, 3.8) is 0 Å². The Morgan fingerprint density at radius 1 is 1.21 bits per heavy atom. The van der Waals surface area contributed by atoms with Crippen LogP contribution < -0.4 is 0 Å². The SMILES string of the molecule is CC(C)C(C)(C)OC(=O)c1ccc(O)cc1C(=O)O. The third kappa shape index (κ3) is 3.47. The van der Waals surface area contributed by atoms with Crippen molar-refractivity contribution in [3.05, 3.63) is 29.3 Å². The summed E-state index contributed by atoms with van der Waals surface area (Å²) in [5.41, 5.74) is -1.05. The Labute approximate surface area is 111 Å². The summed E-state index contributed by atoms with van der Waals surface area (Å²) in [5, 5.41) is 18.3. The molecule has 5 heteroatoms. The molecule has 1 aromatic carbocycles. The summed E-state index contributed by atoms with van der Waals surface area (Å²) < 4.78 is 5.33. The molecule has 0 aliphatic carbocycles. The summed E-state index contributed by atoms with van der Waals surface area (Å²) in [6.07, 6.45) is 0. The Morgan fingerprint density at radius 3 is 2.26 bits per heavy atom. The molecule has 0 bridgehead atoms. The Hall–Kier alpha value is -2.04. The maximum absolute atomic E-state index is 12.0. The highest BCUT2D eigenvalue weighted by molar-refractivity contribution is 6.02. The molecule has 0 spiro atoms. The molecule has 0 atom stereocenters. The maximum atomic E-state index is 12.0. The van der Waals surface area contributed by atoms with Gasteiger partial charge in [0.15, 0.2) is 0 Å². The van der Waals surface area contributed by atoms with Crippen LogP contribution in [0.1, 0.15) is 48.4 Å². The van der Waals surface area contributed by atoms with Crippen LogP contribution in [0, 0.1) is 5.92 Å². The van der Waals surface area contributed by atoms with Crippen LogP contribution in [-0.2, 0) is 4.74 Å². The summed E-state index contributed by atoms with van der Waals surface area (Å²) in [6.45, 7) is 7.33. The number of ether oxygens (including phenoxy) is 1. The van der Waals surface area contributed by atoms with Gasteiger partial charge in [-0.1, -0.05) is 13.8 Å². The molecule has 5 nitrogen and oxygen atoms in total. The van der Waals surface area contributed by atoms with Crippen molar-refractivity contribution in [2.75, 3.05) is 0 Å². The molecule has 104 valence electrons. The van der Waals surface area contributed by atoms with Crippen LogP contribution in [0.25, 0.3) is 0 Å². The van der Waals surface area contributed by atoms with E-state index in [4.69, 9.17) is 9.84 Å². The van der Waals surface area contributed by atoms with E-state index in [1.165, 1.54) is 12.1 Å². The van der Waals surface area contributed by atoms with Crippen LogP contribution in [0.2, 0.25) is 0 Å². The number of hydrogen-bond acceptors (Lipinski definition) is 4. The number of carbonyl (C=O) groups is 2. The van der Waals surface area contributed by atoms with Gasteiger partial charge in [-0.05, 0) is 38.0 Å². The van der Waals surface area contributed by atoms with Crippen LogP contribution in [0.15, 0.2) is 18.2 Å². The third-order valence-electron chi connectivity index (χ3n) is 3.20. The van der Waals surface area contributed by atoms with E-state index in [9.17, 15) is 14.7 Å². The predicted octanol–water partition coefficient (Wildman–Crippen LogP) is 2.68. The third-order valence-corrected chi connectivity index (χ3v) is 3.20. The lowest BCUT2D eigenvalue weighted by atomic mass is 9.94. The number of hydrogen-bond donors (Lipinski definition) is 2. The fourth-order valence-corrected chi connectivity index (χ4v) is 1.30. The first-order valence-corrected chi connectivity index (χ1v) is 5.95. The number of esters is 1. The molecule has 0 saturated heterocycles. The zero-order chi connectivity index (χ0) is 14.8. The normalized spacial score (nSPS) is 11.4. The van der Waals surface area contributed by atoms with Gasteiger partial charge in [0, 0.05) is 0 Å². The number of phenols is 1. The second-order valence-corrected chi connectivity index (χ2v) is 5.18. The molecule has 2 N–H and O–H groups in total. The van der Waals surface area contributed by atoms with Crippen molar-refractivity contribution < 1.29 is 24.5 Å². The Balaban J connectivity index is 3.10. The van der Waals surface area contributed by atoms with E-state index >= 15 is 0 Å². The lowest BCUT2D eigenvalue weighted by Crippen LogP contribution is -2.34. The lowest BCUT2D eigenvalue weighted by molar-refractivity contribution is -0.0224. The van der Waals surface area contributed by atoms with Crippen LogP contribution in [-0.4, -0.2) is 27.8 Å².